The zero-order chi connectivity index (χ0) is 16.1. The highest BCUT2D eigenvalue weighted by molar-refractivity contribution is 7.19. The van der Waals surface area contributed by atoms with Gasteiger partial charge in [-0.15, -0.1) is 16.4 Å². The van der Waals surface area contributed by atoms with E-state index in [0.29, 0.717) is 0 Å². The largest absolute Gasteiger partial charge is 0.265 e. The molecule has 0 aromatic carbocycles. The SMILES string of the molecule is CCC1CCc2c(sc3ncn4nc(-c5ccncc5)nc4c23)C1. The minimum Gasteiger partial charge on any atom is -0.265 e. The summed E-state index contributed by atoms with van der Waals surface area (Å²) in [4.78, 5) is 16.1. The monoisotopic (exact) mass is 335 g/mol. The summed E-state index contributed by atoms with van der Waals surface area (Å²) in [6.07, 6.45) is 10.2. The molecule has 24 heavy (non-hydrogen) atoms. The van der Waals surface area contributed by atoms with Crippen LogP contribution in [0.2, 0.25) is 0 Å². The maximum atomic E-state index is 4.82. The molecule has 1 aliphatic rings. The van der Waals surface area contributed by atoms with Gasteiger partial charge < -0.3 is 0 Å². The van der Waals surface area contributed by atoms with Crippen molar-refractivity contribution in [3.05, 3.63) is 41.3 Å². The van der Waals surface area contributed by atoms with Gasteiger partial charge in [0, 0.05) is 22.8 Å². The van der Waals surface area contributed by atoms with Crippen molar-refractivity contribution in [1.82, 2.24) is 24.6 Å². The van der Waals surface area contributed by atoms with E-state index in [9.17, 15) is 0 Å². The normalized spacial score (nSPS) is 17.5. The third kappa shape index (κ3) is 2.06. The van der Waals surface area contributed by atoms with E-state index in [-0.39, 0.29) is 0 Å². The number of nitrogens with zero attached hydrogens (tertiary/aromatic N) is 5. The van der Waals surface area contributed by atoms with Crippen LogP contribution in [0.5, 0.6) is 0 Å². The van der Waals surface area contributed by atoms with Crippen molar-refractivity contribution in [2.45, 2.75) is 32.6 Å². The number of aryl methyl sites for hydroxylation is 1. The fourth-order valence-corrected chi connectivity index (χ4v) is 4.91. The van der Waals surface area contributed by atoms with E-state index >= 15 is 0 Å². The van der Waals surface area contributed by atoms with E-state index in [2.05, 4.69) is 22.0 Å². The zero-order valence-corrected chi connectivity index (χ0v) is 14.3. The molecule has 120 valence electrons. The fraction of sp³-hybridized carbons (Fsp3) is 0.333. The van der Waals surface area contributed by atoms with Crippen LogP contribution in [0.15, 0.2) is 30.9 Å². The molecule has 5 rings (SSSR count). The molecule has 1 aliphatic carbocycles. The van der Waals surface area contributed by atoms with Crippen molar-refractivity contribution in [3.63, 3.8) is 0 Å². The van der Waals surface area contributed by atoms with Crippen LogP contribution < -0.4 is 0 Å². The van der Waals surface area contributed by atoms with Crippen LogP contribution in [0.3, 0.4) is 0 Å². The molecule has 1 atom stereocenters. The molecule has 4 aromatic heterocycles. The van der Waals surface area contributed by atoms with Gasteiger partial charge >= 0.3 is 0 Å². The van der Waals surface area contributed by atoms with E-state index in [4.69, 9.17) is 4.98 Å². The van der Waals surface area contributed by atoms with Gasteiger partial charge in [-0.05, 0) is 42.9 Å². The average molecular weight is 335 g/mol. The summed E-state index contributed by atoms with van der Waals surface area (Å²) in [7, 11) is 0. The third-order valence-electron chi connectivity index (χ3n) is 5.00. The summed E-state index contributed by atoms with van der Waals surface area (Å²) in [5.41, 5.74) is 3.36. The van der Waals surface area contributed by atoms with Crippen molar-refractivity contribution >= 4 is 27.2 Å². The molecule has 0 N–H and O–H groups in total. The quantitative estimate of drug-likeness (QED) is 0.557. The summed E-state index contributed by atoms with van der Waals surface area (Å²) >= 11 is 1.84. The smallest absolute Gasteiger partial charge is 0.182 e. The number of fused-ring (bicyclic) bond motifs is 5. The maximum Gasteiger partial charge on any atom is 0.182 e. The highest BCUT2D eigenvalue weighted by Gasteiger charge is 2.24. The molecule has 0 bridgehead atoms. The number of hydrogen-bond acceptors (Lipinski definition) is 5. The van der Waals surface area contributed by atoms with Gasteiger partial charge in [0.15, 0.2) is 11.5 Å². The van der Waals surface area contributed by atoms with Gasteiger partial charge in [-0.1, -0.05) is 13.3 Å². The van der Waals surface area contributed by atoms with Gasteiger partial charge in [0.1, 0.15) is 11.2 Å². The Kier molecular flexibility index (Phi) is 3.13. The summed E-state index contributed by atoms with van der Waals surface area (Å²) in [6, 6.07) is 3.88. The summed E-state index contributed by atoms with van der Waals surface area (Å²) in [5.74, 6) is 1.54. The maximum absolute atomic E-state index is 4.82. The number of rotatable bonds is 2. The van der Waals surface area contributed by atoms with Gasteiger partial charge in [0.2, 0.25) is 0 Å². The summed E-state index contributed by atoms with van der Waals surface area (Å²) in [6.45, 7) is 2.29. The minimum atomic E-state index is 0.730. The van der Waals surface area contributed by atoms with Crippen LogP contribution in [0.1, 0.15) is 30.2 Å². The van der Waals surface area contributed by atoms with Crippen molar-refractivity contribution in [2.75, 3.05) is 0 Å². The average Bonchev–Trinajstić information content (AvgIpc) is 3.22. The Balaban J connectivity index is 1.73. The molecule has 0 saturated carbocycles. The zero-order valence-electron chi connectivity index (χ0n) is 13.4. The first-order valence-corrected chi connectivity index (χ1v) is 9.21. The van der Waals surface area contributed by atoms with Crippen molar-refractivity contribution in [3.8, 4) is 11.4 Å². The van der Waals surface area contributed by atoms with Crippen LogP contribution in [0.25, 0.3) is 27.3 Å². The van der Waals surface area contributed by atoms with Crippen LogP contribution in [0.4, 0.5) is 0 Å². The van der Waals surface area contributed by atoms with Gasteiger partial charge in [-0.2, -0.15) is 0 Å². The highest BCUT2D eigenvalue weighted by Crippen LogP contribution is 2.39. The minimum absolute atomic E-state index is 0.730. The molecule has 0 fully saturated rings. The molecular formula is C18H17N5S. The van der Waals surface area contributed by atoms with Crippen molar-refractivity contribution in [2.24, 2.45) is 5.92 Å². The standard InChI is InChI=1S/C18H17N5S/c1-2-11-3-4-13-14(9-11)24-18-15(13)17-21-16(22-23(17)10-20-18)12-5-7-19-8-6-12/h5-8,10-11H,2-4,9H2,1H3. The van der Waals surface area contributed by atoms with Gasteiger partial charge in [0.05, 0.1) is 5.39 Å². The molecule has 4 aromatic rings. The molecular weight excluding hydrogens is 318 g/mol. The second-order valence-corrected chi connectivity index (χ2v) is 7.47. The Morgan fingerprint density at radius 3 is 3.00 bits per heavy atom. The van der Waals surface area contributed by atoms with E-state index in [1.165, 1.54) is 35.1 Å². The topological polar surface area (TPSA) is 56.0 Å². The Morgan fingerprint density at radius 1 is 1.29 bits per heavy atom. The molecule has 0 amide bonds. The predicted octanol–water partition coefficient (Wildman–Crippen LogP) is 3.92. The van der Waals surface area contributed by atoms with Crippen LogP contribution in [-0.4, -0.2) is 24.6 Å². The second-order valence-electron chi connectivity index (χ2n) is 6.39. The first-order chi connectivity index (χ1) is 11.8. The molecule has 4 heterocycles. The number of aromatic nitrogens is 5. The predicted molar refractivity (Wildman–Crippen MR) is 95.2 cm³/mol. The Bertz CT molecular complexity index is 1030. The summed E-state index contributed by atoms with van der Waals surface area (Å²) < 4.78 is 1.82. The van der Waals surface area contributed by atoms with Gasteiger partial charge in [-0.25, -0.2) is 14.5 Å². The van der Waals surface area contributed by atoms with Crippen molar-refractivity contribution < 1.29 is 0 Å². The van der Waals surface area contributed by atoms with E-state index < -0.39 is 0 Å². The van der Waals surface area contributed by atoms with Gasteiger partial charge in [-0.3, -0.25) is 4.98 Å². The van der Waals surface area contributed by atoms with E-state index in [1.54, 1.807) is 18.7 Å². The Hall–Kier alpha value is -2.34. The third-order valence-corrected chi connectivity index (χ3v) is 6.17. The van der Waals surface area contributed by atoms with Crippen LogP contribution in [0, 0.1) is 5.92 Å². The molecule has 0 radical (unpaired) electrons. The first kappa shape index (κ1) is 14.0. The second kappa shape index (κ2) is 5.34. The van der Waals surface area contributed by atoms with Crippen molar-refractivity contribution in [1.29, 1.82) is 0 Å². The molecule has 0 aliphatic heterocycles. The summed E-state index contributed by atoms with van der Waals surface area (Å²) in [5, 5.41) is 5.82. The molecule has 6 heteroatoms. The number of hydrogen-bond donors (Lipinski definition) is 0. The molecule has 0 saturated heterocycles. The lowest BCUT2D eigenvalue weighted by atomic mass is 9.86. The molecule has 0 spiro atoms. The highest BCUT2D eigenvalue weighted by atomic mass is 32.1. The van der Waals surface area contributed by atoms with E-state index in [1.807, 2.05) is 28.0 Å². The lowest BCUT2D eigenvalue weighted by Gasteiger charge is -2.20. The number of thiophene rings is 1. The molecule has 5 nitrogen and oxygen atoms in total. The first-order valence-electron chi connectivity index (χ1n) is 8.39. The Labute approximate surface area is 143 Å². The fourth-order valence-electron chi connectivity index (χ4n) is 3.61. The number of pyridine rings is 1. The Morgan fingerprint density at radius 2 is 2.17 bits per heavy atom. The lowest BCUT2D eigenvalue weighted by Crippen LogP contribution is -2.11. The molecule has 1 unspecified atom stereocenters. The lowest BCUT2D eigenvalue weighted by molar-refractivity contribution is 0.451. The van der Waals surface area contributed by atoms with Gasteiger partial charge in [0.25, 0.3) is 0 Å². The van der Waals surface area contributed by atoms with Crippen LogP contribution in [-0.2, 0) is 12.8 Å². The van der Waals surface area contributed by atoms with E-state index in [0.717, 1.165) is 34.2 Å². The van der Waals surface area contributed by atoms with Crippen LogP contribution >= 0.6 is 11.3 Å².